The van der Waals surface area contributed by atoms with E-state index in [2.05, 4.69) is 10.6 Å². The van der Waals surface area contributed by atoms with E-state index in [1.165, 1.54) is 18.4 Å². The molecule has 7 heteroatoms. The monoisotopic (exact) mass is 304 g/mol. The third-order valence-electron chi connectivity index (χ3n) is 2.92. The maximum atomic E-state index is 11.9. The zero-order valence-electron chi connectivity index (χ0n) is 11.7. The van der Waals surface area contributed by atoms with Crippen LogP contribution < -0.4 is 10.6 Å². The van der Waals surface area contributed by atoms with E-state index in [-0.39, 0.29) is 18.7 Å². The third kappa shape index (κ3) is 4.64. The highest BCUT2D eigenvalue weighted by molar-refractivity contribution is 5.94. The van der Waals surface area contributed by atoms with Crippen molar-refractivity contribution in [3.05, 3.63) is 48.4 Å². The number of aromatic hydroxyl groups is 1. The van der Waals surface area contributed by atoms with Crippen LogP contribution in [0.25, 0.3) is 0 Å². The molecule has 0 aliphatic carbocycles. The lowest BCUT2D eigenvalue weighted by atomic mass is 10.2. The summed E-state index contributed by atoms with van der Waals surface area (Å²) in [4.78, 5) is 23.1. The number of anilines is 1. The van der Waals surface area contributed by atoms with Crippen molar-refractivity contribution in [3.63, 3.8) is 0 Å². The van der Waals surface area contributed by atoms with Crippen molar-refractivity contribution in [1.82, 2.24) is 5.32 Å². The summed E-state index contributed by atoms with van der Waals surface area (Å²) >= 11 is 0. The van der Waals surface area contributed by atoms with Gasteiger partial charge in [-0.3, -0.25) is 14.9 Å². The number of carboxylic acid groups (broad SMARTS) is 1. The highest BCUT2D eigenvalue weighted by atomic mass is 16.4. The van der Waals surface area contributed by atoms with Crippen LogP contribution in [0.3, 0.4) is 0 Å². The van der Waals surface area contributed by atoms with Crippen LogP contribution >= 0.6 is 0 Å². The van der Waals surface area contributed by atoms with Crippen LogP contribution in [-0.2, 0) is 16.1 Å². The van der Waals surface area contributed by atoms with E-state index in [4.69, 9.17) is 9.52 Å². The molecule has 2 aromatic rings. The molecule has 0 fully saturated rings. The van der Waals surface area contributed by atoms with Crippen LogP contribution in [0.1, 0.15) is 12.2 Å². The van der Waals surface area contributed by atoms with Crippen molar-refractivity contribution in [1.29, 1.82) is 0 Å². The Labute approximate surface area is 126 Å². The Morgan fingerprint density at radius 1 is 1.23 bits per heavy atom. The first-order valence-electron chi connectivity index (χ1n) is 6.62. The molecule has 1 heterocycles. The maximum absolute atomic E-state index is 11.9. The number of carbonyl (C=O) groups is 2. The van der Waals surface area contributed by atoms with Crippen molar-refractivity contribution in [2.24, 2.45) is 0 Å². The van der Waals surface area contributed by atoms with E-state index < -0.39 is 17.9 Å². The number of phenols is 1. The molecule has 1 aromatic heterocycles. The molecule has 0 saturated heterocycles. The molecule has 22 heavy (non-hydrogen) atoms. The van der Waals surface area contributed by atoms with Crippen LogP contribution in [0.4, 0.5) is 5.69 Å². The number of rotatable bonds is 7. The molecular formula is C15H16N2O5. The fourth-order valence-electron chi connectivity index (χ4n) is 1.86. The average molecular weight is 304 g/mol. The molecule has 2 rings (SSSR count). The summed E-state index contributed by atoms with van der Waals surface area (Å²) in [7, 11) is 0. The molecule has 0 aliphatic heterocycles. The molecule has 0 bridgehead atoms. The minimum absolute atomic E-state index is 0.0172. The van der Waals surface area contributed by atoms with E-state index in [0.29, 0.717) is 11.4 Å². The Balaban J connectivity index is 1.89. The third-order valence-corrected chi connectivity index (χ3v) is 2.92. The standard InChI is InChI=1S/C15H16N2O5/c18-11-4-1-3-10(7-11)17-14(19)8-13(15(20)21)16-9-12-5-2-6-22-12/h1-7,13,16,18H,8-9H2,(H,17,19)(H,20,21)/t13-/m1/s1. The van der Waals surface area contributed by atoms with Crippen LogP contribution in [0, 0.1) is 0 Å². The topological polar surface area (TPSA) is 112 Å². The summed E-state index contributed by atoms with van der Waals surface area (Å²) in [6, 6.07) is 8.39. The summed E-state index contributed by atoms with van der Waals surface area (Å²) in [6.07, 6.45) is 1.24. The lowest BCUT2D eigenvalue weighted by Crippen LogP contribution is -2.39. The van der Waals surface area contributed by atoms with E-state index in [0.717, 1.165) is 0 Å². The predicted octanol–water partition coefficient (Wildman–Crippen LogP) is 1.56. The highest BCUT2D eigenvalue weighted by Gasteiger charge is 2.21. The number of aliphatic carboxylic acids is 1. The first kappa shape index (κ1) is 15.6. The number of nitrogens with one attached hydrogen (secondary N) is 2. The number of benzene rings is 1. The molecule has 1 amide bonds. The molecule has 0 aliphatic rings. The molecule has 7 nitrogen and oxygen atoms in total. The van der Waals surface area contributed by atoms with Crippen molar-refractivity contribution < 1.29 is 24.2 Å². The molecule has 4 N–H and O–H groups in total. The largest absolute Gasteiger partial charge is 0.508 e. The number of phenolic OH excluding ortho intramolecular Hbond substituents is 1. The van der Waals surface area contributed by atoms with Gasteiger partial charge in [0, 0.05) is 11.8 Å². The molecule has 0 unspecified atom stereocenters. The summed E-state index contributed by atoms with van der Waals surface area (Å²) in [5.74, 6) is -0.995. The Morgan fingerprint density at radius 3 is 2.68 bits per heavy atom. The van der Waals surface area contributed by atoms with E-state index in [1.807, 2.05) is 0 Å². The summed E-state index contributed by atoms with van der Waals surface area (Å²) in [5.41, 5.74) is 0.403. The van der Waals surface area contributed by atoms with Crippen LogP contribution in [-0.4, -0.2) is 28.1 Å². The van der Waals surface area contributed by atoms with Crippen molar-refractivity contribution in [3.8, 4) is 5.75 Å². The number of carboxylic acids is 1. The first-order chi connectivity index (χ1) is 10.5. The Morgan fingerprint density at radius 2 is 2.05 bits per heavy atom. The average Bonchev–Trinajstić information content (AvgIpc) is 2.96. The maximum Gasteiger partial charge on any atom is 0.321 e. The van der Waals surface area contributed by atoms with Gasteiger partial charge in [-0.05, 0) is 24.3 Å². The van der Waals surface area contributed by atoms with Gasteiger partial charge in [0.1, 0.15) is 17.6 Å². The Hall–Kier alpha value is -2.80. The van der Waals surface area contributed by atoms with E-state index in [1.54, 1.807) is 24.3 Å². The van der Waals surface area contributed by atoms with Crippen LogP contribution in [0.15, 0.2) is 47.1 Å². The van der Waals surface area contributed by atoms with Crippen molar-refractivity contribution in [2.45, 2.75) is 19.0 Å². The van der Waals surface area contributed by atoms with Gasteiger partial charge in [-0.1, -0.05) is 6.07 Å². The molecule has 1 aromatic carbocycles. The fourth-order valence-corrected chi connectivity index (χ4v) is 1.86. The number of amides is 1. The summed E-state index contributed by atoms with van der Waals surface area (Å²) in [6.45, 7) is 0.212. The normalized spacial score (nSPS) is 11.8. The smallest absolute Gasteiger partial charge is 0.321 e. The highest BCUT2D eigenvalue weighted by Crippen LogP contribution is 2.15. The summed E-state index contributed by atoms with van der Waals surface area (Å²) < 4.78 is 5.09. The second kappa shape index (κ2) is 7.28. The number of hydrogen-bond acceptors (Lipinski definition) is 5. The molecular weight excluding hydrogens is 288 g/mol. The zero-order valence-corrected chi connectivity index (χ0v) is 11.7. The zero-order chi connectivity index (χ0) is 15.9. The minimum atomic E-state index is -1.13. The van der Waals surface area contributed by atoms with Gasteiger partial charge in [0.05, 0.1) is 19.2 Å². The van der Waals surface area contributed by atoms with Gasteiger partial charge in [-0.2, -0.15) is 0 Å². The number of furan rings is 1. The van der Waals surface area contributed by atoms with Gasteiger partial charge in [-0.25, -0.2) is 0 Å². The molecule has 1 atom stereocenters. The van der Waals surface area contributed by atoms with Gasteiger partial charge in [0.15, 0.2) is 0 Å². The van der Waals surface area contributed by atoms with Gasteiger partial charge in [0.25, 0.3) is 0 Å². The predicted molar refractivity (Wildman–Crippen MR) is 78.3 cm³/mol. The van der Waals surface area contributed by atoms with Crippen molar-refractivity contribution >= 4 is 17.6 Å². The van der Waals surface area contributed by atoms with Gasteiger partial charge in [-0.15, -0.1) is 0 Å². The lowest BCUT2D eigenvalue weighted by molar-refractivity contribution is -0.141. The van der Waals surface area contributed by atoms with Crippen LogP contribution in [0.5, 0.6) is 5.75 Å². The van der Waals surface area contributed by atoms with Crippen molar-refractivity contribution in [2.75, 3.05) is 5.32 Å². The minimum Gasteiger partial charge on any atom is -0.508 e. The first-order valence-corrected chi connectivity index (χ1v) is 6.62. The van der Waals surface area contributed by atoms with Crippen LogP contribution in [0.2, 0.25) is 0 Å². The van der Waals surface area contributed by atoms with Gasteiger partial charge >= 0.3 is 5.97 Å². The molecule has 0 saturated carbocycles. The van der Waals surface area contributed by atoms with Gasteiger partial charge in [0.2, 0.25) is 5.91 Å². The number of hydrogen-bond donors (Lipinski definition) is 4. The molecule has 0 spiro atoms. The second-order valence-electron chi connectivity index (χ2n) is 4.65. The molecule has 116 valence electrons. The SMILES string of the molecule is O=C(C[C@@H](NCc1ccco1)C(=O)O)Nc1cccc(O)c1. The van der Waals surface area contributed by atoms with E-state index >= 15 is 0 Å². The lowest BCUT2D eigenvalue weighted by Gasteiger charge is -2.13. The number of carbonyl (C=O) groups excluding carboxylic acids is 1. The fraction of sp³-hybridized carbons (Fsp3) is 0.200. The summed E-state index contributed by atoms with van der Waals surface area (Å²) in [5, 5.41) is 23.7. The van der Waals surface area contributed by atoms with Gasteiger partial charge < -0.3 is 19.9 Å². The Bertz CT molecular complexity index is 639. The quantitative estimate of drug-likeness (QED) is 0.617. The Kier molecular flexibility index (Phi) is 5.16. The van der Waals surface area contributed by atoms with E-state index in [9.17, 15) is 14.7 Å². The second-order valence-corrected chi connectivity index (χ2v) is 4.65. The molecule has 0 radical (unpaired) electrons.